The Morgan fingerprint density at radius 2 is 1.83 bits per heavy atom. The molecule has 0 aliphatic rings. The minimum absolute atomic E-state index is 0.340. The third-order valence-electron chi connectivity index (χ3n) is 1.80. The molecule has 0 radical (unpaired) electrons. The predicted octanol–water partition coefficient (Wildman–Crippen LogP) is 2.53. The van der Waals surface area contributed by atoms with E-state index in [4.69, 9.17) is 0 Å². The summed E-state index contributed by atoms with van der Waals surface area (Å²) in [4.78, 5) is 2.39. The molecule has 0 aromatic rings. The van der Waals surface area contributed by atoms with Crippen LogP contribution in [0, 0.1) is 11.3 Å². The van der Waals surface area contributed by atoms with Crippen LogP contribution in [0.3, 0.4) is 0 Å². The number of hydrogen-bond donors (Lipinski definition) is 1. The molecular weight excluding hydrogens is 166 g/mol. The summed E-state index contributed by atoms with van der Waals surface area (Å²) in [6, 6.07) is 0. The van der Waals surface area contributed by atoms with Crippen LogP contribution in [0.1, 0.15) is 27.7 Å². The number of thiol groups is 1. The van der Waals surface area contributed by atoms with Gasteiger partial charge in [0.15, 0.2) is 0 Å². The third kappa shape index (κ3) is 5.90. The molecule has 0 rings (SSSR count). The highest BCUT2D eigenvalue weighted by molar-refractivity contribution is 7.80. The first-order chi connectivity index (χ1) is 5.37. The summed E-state index contributed by atoms with van der Waals surface area (Å²) in [6.07, 6.45) is 0. The average molecular weight is 189 g/mol. The van der Waals surface area contributed by atoms with E-state index in [0.717, 1.165) is 18.2 Å². The second-order valence-corrected chi connectivity index (χ2v) is 5.23. The lowest BCUT2D eigenvalue weighted by Gasteiger charge is -2.29. The largest absolute Gasteiger partial charge is 0.306 e. The number of rotatable bonds is 5. The van der Waals surface area contributed by atoms with E-state index in [1.807, 2.05) is 0 Å². The van der Waals surface area contributed by atoms with Crippen molar-refractivity contribution in [2.75, 3.05) is 25.9 Å². The Labute approximate surface area is 82.9 Å². The van der Waals surface area contributed by atoms with Gasteiger partial charge in [-0.05, 0) is 24.1 Å². The van der Waals surface area contributed by atoms with Gasteiger partial charge in [0.2, 0.25) is 0 Å². The van der Waals surface area contributed by atoms with Crippen molar-refractivity contribution < 1.29 is 0 Å². The van der Waals surface area contributed by atoms with Crippen molar-refractivity contribution in [1.82, 2.24) is 4.90 Å². The fourth-order valence-corrected chi connectivity index (χ4v) is 1.57. The summed E-state index contributed by atoms with van der Waals surface area (Å²) in [5.41, 5.74) is 0.340. The van der Waals surface area contributed by atoms with Gasteiger partial charge in [-0.1, -0.05) is 27.7 Å². The molecule has 74 valence electrons. The first-order valence-corrected chi connectivity index (χ1v) is 5.30. The van der Waals surface area contributed by atoms with Crippen LogP contribution in [0.2, 0.25) is 0 Å². The van der Waals surface area contributed by atoms with Crippen molar-refractivity contribution >= 4 is 12.6 Å². The molecule has 0 spiro atoms. The molecule has 0 heterocycles. The molecule has 0 saturated carbocycles. The highest BCUT2D eigenvalue weighted by Crippen LogP contribution is 2.18. The zero-order valence-electron chi connectivity index (χ0n) is 9.09. The Morgan fingerprint density at radius 3 is 2.17 bits per heavy atom. The molecule has 0 bridgehead atoms. The van der Waals surface area contributed by atoms with Crippen molar-refractivity contribution in [2.24, 2.45) is 11.3 Å². The summed E-state index contributed by atoms with van der Waals surface area (Å²) >= 11 is 4.34. The van der Waals surface area contributed by atoms with Gasteiger partial charge in [-0.15, -0.1) is 0 Å². The zero-order chi connectivity index (χ0) is 9.78. The first-order valence-electron chi connectivity index (χ1n) is 4.67. The average Bonchev–Trinajstić information content (AvgIpc) is 1.84. The van der Waals surface area contributed by atoms with Crippen LogP contribution < -0.4 is 0 Å². The number of hydrogen-bond acceptors (Lipinski definition) is 2. The van der Waals surface area contributed by atoms with Gasteiger partial charge in [0.25, 0.3) is 0 Å². The van der Waals surface area contributed by atoms with Crippen LogP contribution in [-0.4, -0.2) is 30.8 Å². The van der Waals surface area contributed by atoms with Crippen LogP contribution >= 0.6 is 12.6 Å². The topological polar surface area (TPSA) is 3.24 Å². The highest BCUT2D eigenvalue weighted by Gasteiger charge is 2.18. The van der Waals surface area contributed by atoms with Crippen LogP contribution in [0.4, 0.5) is 0 Å². The monoisotopic (exact) mass is 189 g/mol. The van der Waals surface area contributed by atoms with E-state index in [1.165, 1.54) is 6.54 Å². The van der Waals surface area contributed by atoms with Crippen LogP contribution in [0.15, 0.2) is 0 Å². The van der Waals surface area contributed by atoms with E-state index >= 15 is 0 Å². The van der Waals surface area contributed by atoms with Gasteiger partial charge in [-0.25, -0.2) is 0 Å². The lowest BCUT2D eigenvalue weighted by molar-refractivity contribution is 0.212. The zero-order valence-corrected chi connectivity index (χ0v) is 9.99. The van der Waals surface area contributed by atoms with Gasteiger partial charge in [0.1, 0.15) is 0 Å². The van der Waals surface area contributed by atoms with E-state index in [1.54, 1.807) is 0 Å². The van der Waals surface area contributed by atoms with Crippen molar-refractivity contribution in [1.29, 1.82) is 0 Å². The Morgan fingerprint density at radius 1 is 1.33 bits per heavy atom. The van der Waals surface area contributed by atoms with Crippen LogP contribution in [-0.2, 0) is 0 Å². The minimum atomic E-state index is 0.340. The smallest absolute Gasteiger partial charge is 0.00375 e. The van der Waals surface area contributed by atoms with Gasteiger partial charge in [0.05, 0.1) is 0 Å². The predicted molar refractivity (Wildman–Crippen MR) is 60.0 cm³/mol. The molecule has 0 fully saturated rings. The van der Waals surface area contributed by atoms with E-state index < -0.39 is 0 Å². The number of nitrogens with zero attached hydrogens (tertiary/aromatic N) is 1. The molecule has 0 atom stereocenters. The van der Waals surface area contributed by atoms with E-state index in [-0.39, 0.29) is 0 Å². The molecule has 0 aliphatic heterocycles. The molecule has 0 aromatic carbocycles. The summed E-state index contributed by atoms with van der Waals surface area (Å²) < 4.78 is 0. The maximum Gasteiger partial charge on any atom is 0.00375 e. The molecular formula is C10H23NS. The van der Waals surface area contributed by atoms with E-state index in [9.17, 15) is 0 Å². The van der Waals surface area contributed by atoms with Gasteiger partial charge in [-0.3, -0.25) is 0 Å². The molecule has 0 aliphatic carbocycles. The van der Waals surface area contributed by atoms with Crippen molar-refractivity contribution in [3.63, 3.8) is 0 Å². The van der Waals surface area contributed by atoms with Crippen molar-refractivity contribution in [2.45, 2.75) is 27.7 Å². The Bertz CT molecular complexity index is 121. The van der Waals surface area contributed by atoms with Crippen molar-refractivity contribution in [3.8, 4) is 0 Å². The Balaban J connectivity index is 3.75. The van der Waals surface area contributed by atoms with Crippen LogP contribution in [0.5, 0.6) is 0 Å². The summed E-state index contributed by atoms with van der Waals surface area (Å²) in [5.74, 6) is 1.71. The molecule has 0 amide bonds. The SMILES string of the molecule is CC(C)CN(C)CC(C)(C)CS. The molecule has 1 nitrogen and oxygen atoms in total. The van der Waals surface area contributed by atoms with Crippen molar-refractivity contribution in [3.05, 3.63) is 0 Å². The van der Waals surface area contributed by atoms with Gasteiger partial charge in [0, 0.05) is 13.1 Å². The Hall–Kier alpha value is 0.310. The standard InChI is InChI=1S/C10H23NS/c1-9(2)6-11(5)7-10(3,4)8-12/h9,12H,6-8H2,1-5H3. The maximum absolute atomic E-state index is 4.34. The lowest BCUT2D eigenvalue weighted by Crippen LogP contribution is -2.34. The van der Waals surface area contributed by atoms with Gasteiger partial charge in [-0.2, -0.15) is 12.6 Å². The lowest BCUT2D eigenvalue weighted by atomic mass is 9.95. The fourth-order valence-electron chi connectivity index (χ4n) is 1.47. The third-order valence-corrected chi connectivity index (χ3v) is 2.66. The Kier molecular flexibility index (Phi) is 5.26. The molecule has 12 heavy (non-hydrogen) atoms. The van der Waals surface area contributed by atoms with Gasteiger partial charge >= 0.3 is 0 Å². The summed E-state index contributed by atoms with van der Waals surface area (Å²) in [5, 5.41) is 0. The highest BCUT2D eigenvalue weighted by atomic mass is 32.1. The van der Waals surface area contributed by atoms with E-state index in [2.05, 4.69) is 52.3 Å². The minimum Gasteiger partial charge on any atom is -0.306 e. The molecule has 0 saturated heterocycles. The summed E-state index contributed by atoms with van der Waals surface area (Å²) in [6.45, 7) is 11.3. The second-order valence-electron chi connectivity index (χ2n) is 4.91. The summed E-state index contributed by atoms with van der Waals surface area (Å²) in [7, 11) is 2.19. The first kappa shape index (κ1) is 12.3. The molecule has 0 N–H and O–H groups in total. The van der Waals surface area contributed by atoms with E-state index in [0.29, 0.717) is 5.41 Å². The fraction of sp³-hybridized carbons (Fsp3) is 1.00. The maximum atomic E-state index is 4.34. The molecule has 0 unspecified atom stereocenters. The molecule has 2 heteroatoms. The van der Waals surface area contributed by atoms with Gasteiger partial charge < -0.3 is 4.90 Å². The quantitative estimate of drug-likeness (QED) is 0.651. The second kappa shape index (κ2) is 5.13. The normalized spacial score (nSPS) is 13.0. The van der Waals surface area contributed by atoms with Crippen LogP contribution in [0.25, 0.3) is 0 Å². The molecule has 0 aromatic heterocycles.